The molecule has 2 nitrogen and oxygen atoms in total. The zero-order chi connectivity index (χ0) is 14.1. The van der Waals surface area contributed by atoms with E-state index in [1.807, 2.05) is 12.1 Å². The highest BCUT2D eigenvalue weighted by Gasteiger charge is 2.09. The summed E-state index contributed by atoms with van der Waals surface area (Å²) in [6.45, 7) is 10.0. The largest absolute Gasteiger partial charge is 0.490 e. The van der Waals surface area contributed by atoms with Crippen LogP contribution in [-0.4, -0.2) is 13.2 Å². The highest BCUT2D eigenvalue weighted by atomic mass is 19.1. The molecular formula is C16H24FNO. The van der Waals surface area contributed by atoms with Crippen LogP contribution < -0.4 is 10.1 Å². The van der Waals surface area contributed by atoms with Crippen molar-refractivity contribution in [3.63, 3.8) is 0 Å². The van der Waals surface area contributed by atoms with Crippen molar-refractivity contribution in [1.82, 2.24) is 5.32 Å². The van der Waals surface area contributed by atoms with Crippen LogP contribution >= 0.6 is 0 Å². The Morgan fingerprint density at radius 2 is 2.21 bits per heavy atom. The molecule has 1 rings (SSSR count). The van der Waals surface area contributed by atoms with Crippen molar-refractivity contribution in [2.24, 2.45) is 5.92 Å². The lowest BCUT2D eigenvalue weighted by Crippen LogP contribution is -2.19. The van der Waals surface area contributed by atoms with Gasteiger partial charge in [0.2, 0.25) is 0 Å². The van der Waals surface area contributed by atoms with Crippen molar-refractivity contribution in [1.29, 1.82) is 0 Å². The van der Waals surface area contributed by atoms with Crippen molar-refractivity contribution >= 4 is 0 Å². The first-order valence-corrected chi connectivity index (χ1v) is 6.87. The molecule has 0 amide bonds. The number of halogens is 1. The maximum Gasteiger partial charge on any atom is 0.165 e. The standard InChI is InChI=1S/C16H24FNO/c1-4-5-6-10-19-16-14(8-7-9-15(16)17)12-18-11-13(2)3/h4,7-9,13,18H,1,5-6,10-12H2,2-3H3. The molecule has 0 aromatic heterocycles. The van der Waals surface area contributed by atoms with E-state index < -0.39 is 0 Å². The smallest absolute Gasteiger partial charge is 0.165 e. The van der Waals surface area contributed by atoms with E-state index in [1.165, 1.54) is 6.07 Å². The van der Waals surface area contributed by atoms with Gasteiger partial charge in [-0.3, -0.25) is 0 Å². The molecule has 0 bridgehead atoms. The molecule has 0 spiro atoms. The van der Waals surface area contributed by atoms with Crippen LogP contribution in [0.1, 0.15) is 32.3 Å². The summed E-state index contributed by atoms with van der Waals surface area (Å²) in [7, 11) is 0. The number of rotatable bonds is 9. The van der Waals surface area contributed by atoms with Gasteiger partial charge < -0.3 is 10.1 Å². The van der Waals surface area contributed by atoms with Crippen LogP contribution in [0.25, 0.3) is 0 Å². The molecule has 0 aliphatic rings. The number of benzene rings is 1. The molecule has 0 saturated carbocycles. The molecule has 19 heavy (non-hydrogen) atoms. The minimum Gasteiger partial charge on any atom is -0.490 e. The van der Waals surface area contributed by atoms with Crippen LogP contribution in [0.3, 0.4) is 0 Å². The lowest BCUT2D eigenvalue weighted by Gasteiger charge is -2.13. The lowest BCUT2D eigenvalue weighted by atomic mass is 10.1. The molecule has 0 aliphatic carbocycles. The Bertz CT molecular complexity index is 390. The topological polar surface area (TPSA) is 21.3 Å². The Morgan fingerprint density at radius 3 is 2.89 bits per heavy atom. The number of ether oxygens (including phenoxy) is 1. The molecule has 1 aromatic rings. The molecule has 3 heteroatoms. The van der Waals surface area contributed by atoms with Gasteiger partial charge in [-0.2, -0.15) is 0 Å². The number of allylic oxidation sites excluding steroid dienone is 1. The SMILES string of the molecule is C=CCCCOc1c(F)cccc1CNCC(C)C. The van der Waals surface area contributed by atoms with Crippen molar-refractivity contribution in [2.75, 3.05) is 13.2 Å². The van der Waals surface area contributed by atoms with Crippen LogP contribution in [0, 0.1) is 11.7 Å². The van der Waals surface area contributed by atoms with Gasteiger partial charge in [-0.15, -0.1) is 6.58 Å². The van der Waals surface area contributed by atoms with Gasteiger partial charge in [0.25, 0.3) is 0 Å². The van der Waals surface area contributed by atoms with Gasteiger partial charge in [0.15, 0.2) is 11.6 Å². The first kappa shape index (κ1) is 15.7. The summed E-state index contributed by atoms with van der Waals surface area (Å²) in [6.07, 6.45) is 3.59. The van der Waals surface area contributed by atoms with Gasteiger partial charge in [-0.25, -0.2) is 4.39 Å². The Morgan fingerprint density at radius 1 is 1.42 bits per heavy atom. The van der Waals surface area contributed by atoms with Crippen LogP contribution in [-0.2, 0) is 6.54 Å². The van der Waals surface area contributed by atoms with E-state index in [-0.39, 0.29) is 5.82 Å². The first-order valence-electron chi connectivity index (χ1n) is 6.87. The highest BCUT2D eigenvalue weighted by molar-refractivity contribution is 5.34. The van der Waals surface area contributed by atoms with Crippen LogP contribution in [0.4, 0.5) is 4.39 Å². The van der Waals surface area contributed by atoms with Gasteiger partial charge in [-0.05, 0) is 31.4 Å². The molecule has 0 heterocycles. The van der Waals surface area contributed by atoms with Crippen LogP contribution in [0.5, 0.6) is 5.75 Å². The summed E-state index contributed by atoms with van der Waals surface area (Å²) >= 11 is 0. The van der Waals surface area contributed by atoms with Crippen molar-refractivity contribution < 1.29 is 9.13 Å². The highest BCUT2D eigenvalue weighted by Crippen LogP contribution is 2.23. The molecule has 1 aromatic carbocycles. The van der Waals surface area contributed by atoms with Crippen molar-refractivity contribution in [3.8, 4) is 5.75 Å². The fourth-order valence-electron chi connectivity index (χ4n) is 1.75. The van der Waals surface area contributed by atoms with E-state index in [0.717, 1.165) is 24.9 Å². The number of hydrogen-bond donors (Lipinski definition) is 1. The van der Waals surface area contributed by atoms with Crippen molar-refractivity contribution in [2.45, 2.75) is 33.2 Å². The Balaban J connectivity index is 2.58. The number of unbranched alkanes of at least 4 members (excludes halogenated alkanes) is 1. The monoisotopic (exact) mass is 265 g/mol. The average molecular weight is 265 g/mol. The molecule has 0 radical (unpaired) electrons. The molecular weight excluding hydrogens is 241 g/mol. The third-order valence-electron chi connectivity index (χ3n) is 2.72. The summed E-state index contributed by atoms with van der Waals surface area (Å²) in [5.74, 6) is 0.663. The van der Waals surface area contributed by atoms with E-state index in [0.29, 0.717) is 24.8 Å². The predicted octanol–water partition coefficient (Wildman–Crippen LogP) is 3.92. The quantitative estimate of drug-likeness (QED) is 0.540. The van der Waals surface area contributed by atoms with E-state index in [1.54, 1.807) is 6.07 Å². The third kappa shape index (κ3) is 5.88. The van der Waals surface area contributed by atoms with Gasteiger partial charge in [-0.1, -0.05) is 32.1 Å². The molecule has 106 valence electrons. The molecule has 0 saturated heterocycles. The van der Waals surface area contributed by atoms with Gasteiger partial charge in [0.1, 0.15) is 0 Å². The third-order valence-corrected chi connectivity index (χ3v) is 2.72. The Hall–Kier alpha value is -1.35. The minimum atomic E-state index is -0.289. The maximum atomic E-state index is 13.8. The van der Waals surface area contributed by atoms with E-state index in [2.05, 4.69) is 25.7 Å². The van der Waals surface area contributed by atoms with Gasteiger partial charge in [0.05, 0.1) is 6.61 Å². The molecule has 1 N–H and O–H groups in total. The van der Waals surface area contributed by atoms with Crippen LogP contribution in [0.2, 0.25) is 0 Å². The predicted molar refractivity (Wildman–Crippen MR) is 77.9 cm³/mol. The lowest BCUT2D eigenvalue weighted by molar-refractivity contribution is 0.292. The summed E-state index contributed by atoms with van der Waals surface area (Å²) in [5.41, 5.74) is 0.874. The molecule has 0 fully saturated rings. The van der Waals surface area contributed by atoms with Crippen molar-refractivity contribution in [3.05, 3.63) is 42.2 Å². The summed E-state index contributed by atoms with van der Waals surface area (Å²) in [4.78, 5) is 0. The van der Waals surface area contributed by atoms with Crippen LogP contribution in [0.15, 0.2) is 30.9 Å². The number of hydrogen-bond acceptors (Lipinski definition) is 2. The zero-order valence-corrected chi connectivity index (χ0v) is 11.9. The van der Waals surface area contributed by atoms with E-state index in [9.17, 15) is 4.39 Å². The van der Waals surface area contributed by atoms with Gasteiger partial charge in [0, 0.05) is 12.1 Å². The fraction of sp³-hybridized carbons (Fsp3) is 0.500. The molecule has 0 atom stereocenters. The van der Waals surface area contributed by atoms with E-state index in [4.69, 9.17) is 4.74 Å². The first-order chi connectivity index (χ1) is 9.15. The number of nitrogens with one attached hydrogen (secondary N) is 1. The molecule has 0 unspecified atom stereocenters. The Labute approximate surface area is 115 Å². The van der Waals surface area contributed by atoms with Gasteiger partial charge >= 0.3 is 0 Å². The zero-order valence-electron chi connectivity index (χ0n) is 11.9. The second-order valence-electron chi connectivity index (χ2n) is 5.03. The normalized spacial score (nSPS) is 10.7. The fourth-order valence-corrected chi connectivity index (χ4v) is 1.75. The summed E-state index contributed by atoms with van der Waals surface area (Å²) < 4.78 is 19.3. The number of para-hydroxylation sites is 1. The van der Waals surface area contributed by atoms with E-state index >= 15 is 0 Å². The summed E-state index contributed by atoms with van der Waals surface area (Å²) in [6, 6.07) is 5.06. The Kier molecular flexibility index (Phi) is 7.19. The average Bonchev–Trinajstić information content (AvgIpc) is 2.36. The second-order valence-corrected chi connectivity index (χ2v) is 5.03. The molecule has 0 aliphatic heterocycles. The second kappa shape index (κ2) is 8.70. The summed E-state index contributed by atoms with van der Waals surface area (Å²) in [5, 5.41) is 3.31. The minimum absolute atomic E-state index is 0.289. The maximum absolute atomic E-state index is 13.8.